The van der Waals surface area contributed by atoms with Gasteiger partial charge in [0.1, 0.15) is 12.2 Å². The van der Waals surface area contributed by atoms with Crippen LogP contribution in [0.5, 0.6) is 0 Å². The van der Waals surface area contributed by atoms with Gasteiger partial charge in [-0.15, -0.1) is 0 Å². The highest BCUT2D eigenvalue weighted by molar-refractivity contribution is 7.84. The zero-order chi connectivity index (χ0) is 14.7. The molecule has 9 heteroatoms. The molecular formula is C10H12Cl3NO4S. The van der Waals surface area contributed by atoms with E-state index >= 15 is 0 Å². The van der Waals surface area contributed by atoms with Crippen LogP contribution in [0.3, 0.4) is 0 Å². The van der Waals surface area contributed by atoms with E-state index in [9.17, 15) is 13.5 Å². The topological polar surface area (TPSA) is 89.6 Å². The molecule has 0 aromatic heterocycles. The van der Waals surface area contributed by atoms with Crippen LogP contribution in [0.2, 0.25) is 0 Å². The number of hydrogen-bond donors (Lipinski definition) is 2. The van der Waals surface area contributed by atoms with E-state index in [0.717, 1.165) is 0 Å². The summed E-state index contributed by atoms with van der Waals surface area (Å²) < 4.78 is 24.3. The Kier molecular flexibility index (Phi) is 5.48. The molecule has 0 heterocycles. The molecule has 0 saturated heterocycles. The lowest BCUT2D eigenvalue weighted by Gasteiger charge is -2.30. The average molecular weight is 349 g/mol. The smallest absolute Gasteiger partial charge is 0.333 e. The molecule has 1 rings (SSSR count). The van der Waals surface area contributed by atoms with Crippen LogP contribution in [0, 0.1) is 0 Å². The number of rotatable bonds is 5. The lowest BCUT2D eigenvalue weighted by molar-refractivity contribution is -0.0141. The van der Waals surface area contributed by atoms with Crippen molar-refractivity contribution in [3.8, 4) is 0 Å². The van der Waals surface area contributed by atoms with Gasteiger partial charge in [-0.2, -0.15) is 8.42 Å². The highest BCUT2D eigenvalue weighted by atomic mass is 35.6. The summed E-state index contributed by atoms with van der Waals surface area (Å²) in [6, 6.07) is 8.14. The first kappa shape index (κ1) is 17.0. The van der Waals surface area contributed by atoms with Gasteiger partial charge in [0, 0.05) is 6.42 Å². The van der Waals surface area contributed by atoms with Gasteiger partial charge in [0.05, 0.1) is 0 Å². The van der Waals surface area contributed by atoms with Gasteiger partial charge in [0.15, 0.2) is 3.79 Å². The lowest BCUT2D eigenvalue weighted by Crippen LogP contribution is -2.37. The fourth-order valence-electron chi connectivity index (χ4n) is 1.50. The van der Waals surface area contributed by atoms with Crippen LogP contribution in [-0.2, 0) is 20.1 Å². The van der Waals surface area contributed by atoms with Crippen molar-refractivity contribution in [2.45, 2.75) is 15.8 Å². The predicted octanol–water partition coefficient (Wildman–Crippen LogP) is 1.85. The number of nitrogens with two attached hydrogens (primary N) is 1. The minimum absolute atomic E-state index is 0.352. The molecule has 0 saturated carbocycles. The second-order valence-corrected chi connectivity index (χ2v) is 7.68. The zero-order valence-electron chi connectivity index (χ0n) is 9.59. The summed E-state index contributed by atoms with van der Waals surface area (Å²) in [6.07, 6.45) is -0.357. The Labute approximate surface area is 126 Å². The molecule has 108 valence electrons. The van der Waals surface area contributed by atoms with Crippen molar-refractivity contribution in [2.75, 3.05) is 6.61 Å². The molecular weight excluding hydrogens is 337 g/mol. The normalized spacial score (nSPS) is 16.1. The molecule has 1 atom stereocenters. The second-order valence-electron chi connectivity index (χ2n) is 3.94. The summed E-state index contributed by atoms with van der Waals surface area (Å²) in [4.78, 5) is 0. The molecule has 19 heavy (non-hydrogen) atoms. The monoisotopic (exact) mass is 347 g/mol. The fourth-order valence-corrected chi connectivity index (χ4v) is 2.52. The number of halogens is 3. The maximum absolute atomic E-state index is 10.8. The number of aliphatic hydroxyl groups is 1. The maximum atomic E-state index is 10.8. The first-order valence-corrected chi connectivity index (χ1v) is 7.64. The first-order valence-electron chi connectivity index (χ1n) is 5.04. The standard InChI is InChI=1S/C10H12Cl3NO4S/c11-10(12,13)6-9(15,7-18-19(14,16)17)8-4-2-1-3-5-8/h1-5,15H,6-7H2,(H2,14,16,17). The van der Waals surface area contributed by atoms with Crippen LogP contribution in [-0.4, -0.2) is 23.9 Å². The minimum atomic E-state index is -4.21. The van der Waals surface area contributed by atoms with Gasteiger partial charge in [-0.3, -0.25) is 4.18 Å². The van der Waals surface area contributed by atoms with Gasteiger partial charge in [0.25, 0.3) is 0 Å². The third kappa shape index (κ3) is 6.27. The summed E-state index contributed by atoms with van der Waals surface area (Å²) in [7, 11) is -4.21. The molecule has 1 aromatic rings. The van der Waals surface area contributed by atoms with Crippen LogP contribution in [0.4, 0.5) is 0 Å². The third-order valence-corrected chi connectivity index (χ3v) is 3.11. The zero-order valence-corrected chi connectivity index (χ0v) is 12.7. The van der Waals surface area contributed by atoms with Crippen molar-refractivity contribution in [3.05, 3.63) is 35.9 Å². The van der Waals surface area contributed by atoms with Crippen LogP contribution >= 0.6 is 34.8 Å². The van der Waals surface area contributed by atoms with Gasteiger partial charge in [-0.05, 0) is 5.56 Å². The highest BCUT2D eigenvalue weighted by Crippen LogP contribution is 2.40. The molecule has 0 radical (unpaired) electrons. The van der Waals surface area contributed by atoms with Gasteiger partial charge in [-0.25, -0.2) is 5.14 Å². The van der Waals surface area contributed by atoms with E-state index in [4.69, 9.17) is 39.9 Å². The molecule has 0 amide bonds. The Balaban J connectivity index is 3.04. The molecule has 5 nitrogen and oxygen atoms in total. The van der Waals surface area contributed by atoms with E-state index in [1.807, 2.05) is 0 Å². The predicted molar refractivity (Wildman–Crippen MR) is 74.3 cm³/mol. The second kappa shape index (κ2) is 6.13. The Morgan fingerprint density at radius 3 is 2.16 bits per heavy atom. The number of hydrogen-bond acceptors (Lipinski definition) is 4. The van der Waals surface area contributed by atoms with Crippen molar-refractivity contribution < 1.29 is 17.7 Å². The van der Waals surface area contributed by atoms with E-state index in [2.05, 4.69) is 4.18 Å². The number of benzene rings is 1. The van der Waals surface area contributed by atoms with Crippen molar-refractivity contribution in [3.63, 3.8) is 0 Å². The van der Waals surface area contributed by atoms with E-state index in [0.29, 0.717) is 5.56 Å². The Bertz CT molecular complexity index is 517. The Morgan fingerprint density at radius 1 is 1.21 bits per heavy atom. The Morgan fingerprint density at radius 2 is 1.74 bits per heavy atom. The summed E-state index contributed by atoms with van der Waals surface area (Å²) in [5.41, 5.74) is -1.44. The average Bonchev–Trinajstić information content (AvgIpc) is 2.25. The SMILES string of the molecule is NS(=O)(=O)OCC(O)(CC(Cl)(Cl)Cl)c1ccccc1. The van der Waals surface area contributed by atoms with Gasteiger partial charge < -0.3 is 5.11 Å². The van der Waals surface area contributed by atoms with Gasteiger partial charge in [0.2, 0.25) is 0 Å². The van der Waals surface area contributed by atoms with E-state index in [1.54, 1.807) is 30.3 Å². The van der Waals surface area contributed by atoms with Crippen molar-refractivity contribution >= 4 is 45.1 Å². The molecule has 3 N–H and O–H groups in total. The summed E-state index contributed by atoms with van der Waals surface area (Å²) in [5.74, 6) is 0. The van der Waals surface area contributed by atoms with Gasteiger partial charge >= 0.3 is 10.3 Å². The van der Waals surface area contributed by atoms with E-state index < -0.39 is 26.3 Å². The summed E-state index contributed by atoms with van der Waals surface area (Å²) in [6.45, 7) is -0.649. The lowest BCUT2D eigenvalue weighted by atomic mass is 9.92. The molecule has 1 unspecified atom stereocenters. The van der Waals surface area contributed by atoms with Crippen LogP contribution in [0.1, 0.15) is 12.0 Å². The van der Waals surface area contributed by atoms with E-state index in [-0.39, 0.29) is 6.42 Å². The fraction of sp³-hybridized carbons (Fsp3) is 0.400. The third-order valence-electron chi connectivity index (χ3n) is 2.27. The Hall–Kier alpha value is -0.0800. The molecule has 0 fully saturated rings. The molecule has 0 aliphatic carbocycles. The summed E-state index contributed by atoms with van der Waals surface area (Å²) in [5, 5.41) is 15.2. The van der Waals surface area contributed by atoms with Crippen molar-refractivity contribution in [1.82, 2.24) is 0 Å². The molecule has 0 aliphatic rings. The van der Waals surface area contributed by atoms with E-state index in [1.165, 1.54) is 0 Å². The maximum Gasteiger partial charge on any atom is 0.333 e. The van der Waals surface area contributed by atoms with Crippen molar-refractivity contribution in [1.29, 1.82) is 0 Å². The molecule has 0 aliphatic heterocycles. The largest absolute Gasteiger partial charge is 0.383 e. The molecule has 0 bridgehead atoms. The summed E-state index contributed by atoms with van der Waals surface area (Å²) >= 11 is 17.0. The quantitative estimate of drug-likeness (QED) is 0.795. The molecule has 1 aromatic carbocycles. The van der Waals surface area contributed by atoms with Crippen LogP contribution < -0.4 is 5.14 Å². The van der Waals surface area contributed by atoms with Crippen LogP contribution in [0.15, 0.2) is 30.3 Å². The van der Waals surface area contributed by atoms with Crippen molar-refractivity contribution in [2.24, 2.45) is 5.14 Å². The molecule has 0 spiro atoms. The van der Waals surface area contributed by atoms with Gasteiger partial charge in [-0.1, -0.05) is 65.1 Å². The first-order chi connectivity index (χ1) is 8.52. The highest BCUT2D eigenvalue weighted by Gasteiger charge is 2.39. The number of alkyl halides is 3. The minimum Gasteiger partial charge on any atom is -0.383 e. The van der Waals surface area contributed by atoms with Crippen LogP contribution in [0.25, 0.3) is 0 Å².